The zero-order chi connectivity index (χ0) is 8.04. The Morgan fingerprint density at radius 2 is 1.80 bits per heavy atom. The molecule has 0 saturated carbocycles. The van der Waals surface area contributed by atoms with Crippen LogP contribution in [0.15, 0.2) is 0 Å². The van der Waals surface area contributed by atoms with Crippen molar-refractivity contribution in [3.05, 3.63) is 0 Å². The molecule has 10 heavy (non-hydrogen) atoms. The van der Waals surface area contributed by atoms with Crippen molar-refractivity contribution in [3.8, 4) is 0 Å². The van der Waals surface area contributed by atoms with Gasteiger partial charge in [0.1, 0.15) is 0 Å². The van der Waals surface area contributed by atoms with Crippen LogP contribution in [0.4, 0.5) is 0 Å². The molecule has 0 nitrogen and oxygen atoms in total. The molecule has 0 aromatic carbocycles. The minimum atomic E-state index is 0.565. The fourth-order valence-corrected chi connectivity index (χ4v) is 2.03. The zero-order valence-corrected chi connectivity index (χ0v) is 8.55. The lowest BCUT2D eigenvalue weighted by Gasteiger charge is -2.22. The van der Waals surface area contributed by atoms with E-state index in [1.807, 2.05) is 0 Å². The van der Waals surface area contributed by atoms with Gasteiger partial charge in [0.05, 0.1) is 0 Å². The summed E-state index contributed by atoms with van der Waals surface area (Å²) < 4.78 is 0. The van der Waals surface area contributed by atoms with Gasteiger partial charge in [-0.05, 0) is 23.3 Å². The molecular weight excluding hydrogens is 140 g/mol. The first-order chi connectivity index (χ1) is 4.62. The quantitative estimate of drug-likeness (QED) is 0.592. The van der Waals surface area contributed by atoms with E-state index in [0.717, 1.165) is 0 Å². The molecule has 0 unspecified atom stereocenters. The summed E-state index contributed by atoms with van der Waals surface area (Å²) in [6.07, 6.45) is 2.68. The third kappa shape index (κ3) is 5.16. The van der Waals surface area contributed by atoms with Crippen molar-refractivity contribution in [1.82, 2.24) is 0 Å². The fraction of sp³-hybridized carbons (Fsp3) is 1.00. The summed E-state index contributed by atoms with van der Waals surface area (Å²) in [5.74, 6) is 2.57. The Hall–Kier alpha value is 0.350. The van der Waals surface area contributed by atoms with Crippen molar-refractivity contribution in [2.24, 2.45) is 5.41 Å². The van der Waals surface area contributed by atoms with E-state index in [0.29, 0.717) is 5.41 Å². The Morgan fingerprint density at radius 1 is 1.20 bits per heavy atom. The second kappa shape index (κ2) is 5.06. The highest BCUT2D eigenvalue weighted by Crippen LogP contribution is 2.26. The number of rotatable bonds is 5. The molecule has 0 rings (SSSR count). The smallest absolute Gasteiger partial charge is 0.00162 e. The molecule has 0 amide bonds. The van der Waals surface area contributed by atoms with Crippen molar-refractivity contribution < 1.29 is 0 Å². The highest BCUT2D eigenvalue weighted by molar-refractivity contribution is 7.99. The van der Waals surface area contributed by atoms with Crippen LogP contribution in [0.1, 0.15) is 40.5 Å². The first-order valence-corrected chi connectivity index (χ1v) is 5.35. The molecule has 0 spiro atoms. The van der Waals surface area contributed by atoms with Gasteiger partial charge in [-0.2, -0.15) is 11.8 Å². The molecule has 0 atom stereocenters. The Morgan fingerprint density at radius 3 is 2.20 bits per heavy atom. The maximum atomic E-state index is 2.36. The van der Waals surface area contributed by atoms with E-state index in [4.69, 9.17) is 0 Å². The highest BCUT2D eigenvalue weighted by atomic mass is 32.2. The largest absolute Gasteiger partial charge is 0.162 e. The van der Waals surface area contributed by atoms with Crippen molar-refractivity contribution in [2.75, 3.05) is 11.5 Å². The SMILES string of the molecule is CCCC(C)(C)CSCC. The molecule has 0 aliphatic heterocycles. The van der Waals surface area contributed by atoms with Gasteiger partial charge in [0, 0.05) is 0 Å². The number of thioether (sulfide) groups is 1. The second-order valence-corrected chi connectivity index (χ2v) is 4.83. The zero-order valence-electron chi connectivity index (χ0n) is 7.74. The lowest BCUT2D eigenvalue weighted by atomic mass is 9.91. The fourth-order valence-electron chi connectivity index (χ4n) is 1.13. The van der Waals surface area contributed by atoms with Crippen molar-refractivity contribution in [2.45, 2.75) is 40.5 Å². The maximum absolute atomic E-state index is 2.36. The topological polar surface area (TPSA) is 0 Å². The average Bonchev–Trinajstić information content (AvgIpc) is 1.84. The first-order valence-electron chi connectivity index (χ1n) is 4.20. The van der Waals surface area contributed by atoms with Crippen LogP contribution in [-0.2, 0) is 0 Å². The Labute approximate surface area is 69.8 Å². The van der Waals surface area contributed by atoms with E-state index in [9.17, 15) is 0 Å². The molecule has 0 saturated heterocycles. The van der Waals surface area contributed by atoms with E-state index >= 15 is 0 Å². The van der Waals surface area contributed by atoms with E-state index in [1.54, 1.807) is 0 Å². The van der Waals surface area contributed by atoms with Crippen LogP contribution in [0.25, 0.3) is 0 Å². The molecule has 62 valence electrons. The molecule has 0 heterocycles. The van der Waals surface area contributed by atoms with Gasteiger partial charge < -0.3 is 0 Å². The molecule has 0 aromatic heterocycles. The molecular formula is C9H20S. The first kappa shape index (κ1) is 10.3. The molecule has 0 radical (unpaired) electrons. The van der Waals surface area contributed by atoms with Crippen LogP contribution in [0.2, 0.25) is 0 Å². The summed E-state index contributed by atoms with van der Waals surface area (Å²) in [5.41, 5.74) is 0.565. The standard InChI is InChI=1S/C9H20S/c1-5-7-9(3,4)8-10-6-2/h5-8H2,1-4H3. The van der Waals surface area contributed by atoms with Gasteiger partial charge in [-0.15, -0.1) is 0 Å². The predicted molar refractivity (Wildman–Crippen MR) is 51.7 cm³/mol. The minimum Gasteiger partial charge on any atom is -0.162 e. The molecule has 0 aliphatic carbocycles. The normalized spacial score (nSPS) is 12.0. The van der Waals surface area contributed by atoms with Crippen LogP contribution in [0.3, 0.4) is 0 Å². The van der Waals surface area contributed by atoms with Crippen molar-refractivity contribution in [1.29, 1.82) is 0 Å². The summed E-state index contributed by atoms with van der Waals surface area (Å²) in [7, 11) is 0. The summed E-state index contributed by atoms with van der Waals surface area (Å²) >= 11 is 2.05. The summed E-state index contributed by atoms with van der Waals surface area (Å²) in [4.78, 5) is 0. The second-order valence-electron chi connectivity index (χ2n) is 3.55. The third-order valence-electron chi connectivity index (χ3n) is 1.62. The van der Waals surface area contributed by atoms with Gasteiger partial charge in [-0.25, -0.2) is 0 Å². The summed E-state index contributed by atoms with van der Waals surface area (Å²) in [5, 5.41) is 0. The number of hydrogen-bond acceptors (Lipinski definition) is 1. The summed E-state index contributed by atoms with van der Waals surface area (Å²) in [6, 6.07) is 0. The average molecular weight is 160 g/mol. The highest BCUT2D eigenvalue weighted by Gasteiger charge is 2.15. The van der Waals surface area contributed by atoms with Gasteiger partial charge in [0.25, 0.3) is 0 Å². The Bertz CT molecular complexity index is 76.8. The maximum Gasteiger partial charge on any atom is -0.00162 e. The van der Waals surface area contributed by atoms with E-state index in [2.05, 4.69) is 39.5 Å². The van der Waals surface area contributed by atoms with Crippen LogP contribution < -0.4 is 0 Å². The molecule has 0 N–H and O–H groups in total. The van der Waals surface area contributed by atoms with Crippen LogP contribution in [-0.4, -0.2) is 11.5 Å². The molecule has 1 heteroatoms. The van der Waals surface area contributed by atoms with Gasteiger partial charge in [0.2, 0.25) is 0 Å². The lowest BCUT2D eigenvalue weighted by molar-refractivity contribution is 0.382. The third-order valence-corrected chi connectivity index (χ3v) is 3.02. The monoisotopic (exact) mass is 160 g/mol. The van der Waals surface area contributed by atoms with E-state index in [-0.39, 0.29) is 0 Å². The molecule has 0 aromatic rings. The number of hydrogen-bond donors (Lipinski definition) is 0. The van der Waals surface area contributed by atoms with Gasteiger partial charge in [0.15, 0.2) is 0 Å². The van der Waals surface area contributed by atoms with Crippen LogP contribution in [0.5, 0.6) is 0 Å². The molecule has 0 aliphatic rings. The van der Waals surface area contributed by atoms with Crippen molar-refractivity contribution in [3.63, 3.8) is 0 Å². The van der Waals surface area contributed by atoms with E-state index < -0.39 is 0 Å². The summed E-state index contributed by atoms with van der Waals surface area (Å²) in [6.45, 7) is 9.21. The van der Waals surface area contributed by atoms with Crippen LogP contribution >= 0.6 is 11.8 Å². The van der Waals surface area contributed by atoms with E-state index in [1.165, 1.54) is 24.3 Å². The van der Waals surface area contributed by atoms with Gasteiger partial charge >= 0.3 is 0 Å². The Balaban J connectivity index is 3.42. The predicted octanol–water partition coefficient (Wildman–Crippen LogP) is 3.57. The minimum absolute atomic E-state index is 0.565. The molecule has 0 bridgehead atoms. The van der Waals surface area contributed by atoms with Gasteiger partial charge in [-0.1, -0.05) is 34.1 Å². The Kier molecular flexibility index (Phi) is 5.24. The van der Waals surface area contributed by atoms with Crippen LogP contribution in [0, 0.1) is 5.41 Å². The molecule has 0 fully saturated rings. The lowest BCUT2D eigenvalue weighted by Crippen LogP contribution is -2.14. The van der Waals surface area contributed by atoms with Crippen molar-refractivity contribution >= 4 is 11.8 Å². The van der Waals surface area contributed by atoms with Gasteiger partial charge in [-0.3, -0.25) is 0 Å².